The van der Waals surface area contributed by atoms with Gasteiger partial charge in [-0.1, -0.05) is 40.9 Å². The van der Waals surface area contributed by atoms with Crippen molar-refractivity contribution in [3.8, 4) is 11.5 Å². The number of anilines is 2. The molecule has 1 atom stereocenters. The molecule has 3 aromatic carbocycles. The summed E-state index contributed by atoms with van der Waals surface area (Å²) in [6, 6.07) is 17.4. The molecule has 0 aromatic heterocycles. The highest BCUT2D eigenvalue weighted by Gasteiger charge is 2.35. The number of hydrogen-bond donors (Lipinski definition) is 2. The zero-order chi connectivity index (χ0) is 25.7. The summed E-state index contributed by atoms with van der Waals surface area (Å²) in [4.78, 5) is 27.0. The van der Waals surface area contributed by atoms with Gasteiger partial charge in [-0.25, -0.2) is 0 Å². The number of rotatable bonds is 9. The Labute approximate surface area is 224 Å². The monoisotopic (exact) mass is 547 g/mol. The molecule has 10 heteroatoms. The van der Waals surface area contributed by atoms with E-state index in [0.29, 0.717) is 38.7 Å². The lowest BCUT2D eigenvalue weighted by atomic mass is 10.1. The Hall–Kier alpha value is -3.13. The van der Waals surface area contributed by atoms with E-state index in [0.717, 1.165) is 11.4 Å². The van der Waals surface area contributed by atoms with Crippen LogP contribution in [0.25, 0.3) is 0 Å². The SMILES string of the molecule is CCOc1ccc(N2C[C@@H](C(=O)NNc3cc(Cl)ccc3OCc3c(Cl)cccc3Cl)CC2=O)cc1. The third-order valence-electron chi connectivity index (χ3n) is 5.65. The molecule has 1 heterocycles. The summed E-state index contributed by atoms with van der Waals surface area (Å²) in [5.41, 5.74) is 7.35. The zero-order valence-electron chi connectivity index (χ0n) is 19.4. The van der Waals surface area contributed by atoms with E-state index in [1.54, 1.807) is 53.4 Å². The van der Waals surface area contributed by atoms with E-state index in [1.807, 2.05) is 19.1 Å². The van der Waals surface area contributed by atoms with Crippen LogP contribution in [-0.2, 0) is 16.2 Å². The predicted octanol–water partition coefficient (Wildman–Crippen LogP) is 6.12. The molecule has 0 radical (unpaired) electrons. The van der Waals surface area contributed by atoms with Gasteiger partial charge < -0.3 is 14.4 Å². The van der Waals surface area contributed by atoms with E-state index in [1.165, 1.54) is 0 Å². The Kier molecular flexibility index (Phi) is 8.46. The number of hydrogen-bond acceptors (Lipinski definition) is 5. The number of nitrogens with zero attached hydrogens (tertiary/aromatic N) is 1. The molecule has 4 rings (SSSR count). The van der Waals surface area contributed by atoms with Crippen LogP contribution in [0.4, 0.5) is 11.4 Å². The van der Waals surface area contributed by atoms with Gasteiger partial charge in [0.25, 0.3) is 0 Å². The summed E-state index contributed by atoms with van der Waals surface area (Å²) in [7, 11) is 0. The van der Waals surface area contributed by atoms with Gasteiger partial charge in [0.1, 0.15) is 18.1 Å². The third-order valence-corrected chi connectivity index (χ3v) is 6.59. The Balaban J connectivity index is 1.38. The molecule has 0 aliphatic carbocycles. The maximum Gasteiger partial charge on any atom is 0.243 e. The zero-order valence-corrected chi connectivity index (χ0v) is 21.7. The molecule has 1 aliphatic rings. The van der Waals surface area contributed by atoms with Gasteiger partial charge in [0.05, 0.1) is 18.2 Å². The maximum absolute atomic E-state index is 12.9. The van der Waals surface area contributed by atoms with Crippen molar-refractivity contribution in [3.63, 3.8) is 0 Å². The normalized spacial score (nSPS) is 15.1. The highest BCUT2D eigenvalue weighted by molar-refractivity contribution is 6.36. The van der Waals surface area contributed by atoms with Gasteiger partial charge >= 0.3 is 0 Å². The second-order valence-corrected chi connectivity index (χ2v) is 9.33. The summed E-state index contributed by atoms with van der Waals surface area (Å²) in [5, 5.41) is 1.43. The average molecular weight is 549 g/mol. The number of carbonyl (C=O) groups is 2. The second kappa shape index (κ2) is 11.7. The molecule has 2 amide bonds. The number of amides is 2. The molecule has 3 aromatic rings. The molecular formula is C26H24Cl3N3O4. The van der Waals surface area contributed by atoms with E-state index in [2.05, 4.69) is 10.9 Å². The molecule has 0 spiro atoms. The van der Waals surface area contributed by atoms with Crippen LogP contribution in [0.2, 0.25) is 15.1 Å². The lowest BCUT2D eigenvalue weighted by Crippen LogP contribution is -2.36. The van der Waals surface area contributed by atoms with Gasteiger partial charge in [0.15, 0.2) is 0 Å². The minimum absolute atomic E-state index is 0.102. The summed E-state index contributed by atoms with van der Waals surface area (Å²) >= 11 is 18.6. The van der Waals surface area contributed by atoms with Crippen LogP contribution in [0.15, 0.2) is 60.7 Å². The highest BCUT2D eigenvalue weighted by atomic mass is 35.5. The first-order valence-electron chi connectivity index (χ1n) is 11.3. The molecule has 36 heavy (non-hydrogen) atoms. The predicted molar refractivity (Wildman–Crippen MR) is 142 cm³/mol. The summed E-state index contributed by atoms with van der Waals surface area (Å²) < 4.78 is 11.3. The molecule has 1 saturated heterocycles. The second-order valence-electron chi connectivity index (χ2n) is 8.08. The molecular weight excluding hydrogens is 525 g/mol. The van der Waals surface area contributed by atoms with Gasteiger partial charge in [-0.2, -0.15) is 0 Å². The van der Waals surface area contributed by atoms with Gasteiger partial charge in [-0.05, 0) is 61.5 Å². The van der Waals surface area contributed by atoms with Crippen LogP contribution in [0, 0.1) is 5.92 Å². The van der Waals surface area contributed by atoms with Crippen molar-refractivity contribution in [2.45, 2.75) is 20.0 Å². The molecule has 188 valence electrons. The summed E-state index contributed by atoms with van der Waals surface area (Å²) in [6.07, 6.45) is 0.102. The van der Waals surface area contributed by atoms with E-state index < -0.39 is 5.92 Å². The lowest BCUT2D eigenvalue weighted by Gasteiger charge is -2.18. The lowest BCUT2D eigenvalue weighted by molar-refractivity contribution is -0.125. The molecule has 0 saturated carbocycles. The van der Waals surface area contributed by atoms with Crippen molar-refractivity contribution < 1.29 is 19.1 Å². The van der Waals surface area contributed by atoms with E-state index in [4.69, 9.17) is 44.3 Å². The van der Waals surface area contributed by atoms with E-state index in [9.17, 15) is 9.59 Å². The van der Waals surface area contributed by atoms with Crippen molar-refractivity contribution in [3.05, 3.63) is 81.3 Å². The van der Waals surface area contributed by atoms with Gasteiger partial charge in [-0.15, -0.1) is 0 Å². The number of halogens is 3. The van der Waals surface area contributed by atoms with Crippen LogP contribution in [0.1, 0.15) is 18.9 Å². The first kappa shape index (κ1) is 25.9. The minimum Gasteiger partial charge on any atom is -0.494 e. The van der Waals surface area contributed by atoms with Crippen LogP contribution in [-0.4, -0.2) is 25.0 Å². The minimum atomic E-state index is -0.526. The van der Waals surface area contributed by atoms with Crippen LogP contribution < -0.4 is 25.2 Å². The van der Waals surface area contributed by atoms with Crippen molar-refractivity contribution >= 4 is 58.0 Å². The summed E-state index contributed by atoms with van der Waals surface area (Å²) in [6.45, 7) is 2.85. The quantitative estimate of drug-likeness (QED) is 0.315. The maximum atomic E-state index is 12.9. The van der Waals surface area contributed by atoms with Crippen LogP contribution in [0.3, 0.4) is 0 Å². The number of hydrazine groups is 1. The van der Waals surface area contributed by atoms with Crippen molar-refractivity contribution in [1.29, 1.82) is 0 Å². The molecule has 1 fully saturated rings. The number of nitrogens with one attached hydrogen (secondary N) is 2. The van der Waals surface area contributed by atoms with Crippen molar-refractivity contribution in [1.82, 2.24) is 5.43 Å². The van der Waals surface area contributed by atoms with Gasteiger partial charge in [-0.3, -0.25) is 20.4 Å². The molecule has 1 aliphatic heterocycles. The average Bonchev–Trinajstić information content (AvgIpc) is 3.25. The summed E-state index contributed by atoms with van der Waals surface area (Å²) in [5.74, 6) is 0.193. The fourth-order valence-electron chi connectivity index (χ4n) is 3.80. The first-order chi connectivity index (χ1) is 17.4. The fraction of sp³-hybridized carbons (Fsp3) is 0.231. The standard InChI is InChI=1S/C26H24Cl3N3O4/c1-2-35-19-9-7-18(8-10-19)32-14-16(12-25(32)33)26(34)31-30-23-13-17(27)6-11-24(23)36-15-20-21(28)4-3-5-22(20)29/h3-11,13,16,30H,2,12,14-15H2,1H3,(H,31,34)/t16-/m0/s1. The van der Waals surface area contributed by atoms with E-state index in [-0.39, 0.29) is 31.4 Å². The Morgan fingerprint density at radius 1 is 1.03 bits per heavy atom. The van der Waals surface area contributed by atoms with Crippen molar-refractivity contribution in [2.75, 3.05) is 23.5 Å². The fourth-order valence-corrected chi connectivity index (χ4v) is 4.48. The molecule has 7 nitrogen and oxygen atoms in total. The van der Waals surface area contributed by atoms with Gasteiger partial charge in [0, 0.05) is 39.3 Å². The van der Waals surface area contributed by atoms with Crippen LogP contribution in [0.5, 0.6) is 11.5 Å². The van der Waals surface area contributed by atoms with Gasteiger partial charge in [0.2, 0.25) is 11.8 Å². The smallest absolute Gasteiger partial charge is 0.243 e. The Morgan fingerprint density at radius 2 is 1.75 bits per heavy atom. The molecule has 0 unspecified atom stereocenters. The number of carbonyl (C=O) groups excluding carboxylic acids is 2. The number of benzene rings is 3. The number of ether oxygens (including phenoxy) is 2. The topological polar surface area (TPSA) is 79.9 Å². The third kappa shape index (κ3) is 6.16. The van der Waals surface area contributed by atoms with Crippen molar-refractivity contribution in [2.24, 2.45) is 5.92 Å². The van der Waals surface area contributed by atoms with E-state index >= 15 is 0 Å². The highest BCUT2D eigenvalue weighted by Crippen LogP contribution is 2.31. The first-order valence-corrected chi connectivity index (χ1v) is 12.4. The Morgan fingerprint density at radius 3 is 2.44 bits per heavy atom. The van der Waals surface area contributed by atoms with Crippen LogP contribution >= 0.6 is 34.8 Å². The molecule has 2 N–H and O–H groups in total. The Bertz CT molecular complexity index is 1230. The molecule has 0 bridgehead atoms. The largest absolute Gasteiger partial charge is 0.494 e.